The van der Waals surface area contributed by atoms with E-state index in [0.717, 1.165) is 16.7 Å². The Kier molecular flexibility index (Phi) is 8.60. The first-order chi connectivity index (χ1) is 16.6. The quantitative estimate of drug-likeness (QED) is 0.146. The number of Topliss-reactive ketones (excluding diaryl/α,β-unsaturated/α-hetero) is 1. The zero-order chi connectivity index (χ0) is 25.5. The summed E-state index contributed by atoms with van der Waals surface area (Å²) < 4.78 is 5.14. The molecule has 0 N–H and O–H groups in total. The number of carbonyl (C=O) groups excluding carboxylic acids is 2. The van der Waals surface area contributed by atoms with E-state index in [0.29, 0.717) is 5.56 Å². The van der Waals surface area contributed by atoms with Gasteiger partial charge in [0.1, 0.15) is 0 Å². The molecule has 0 amide bonds. The first-order valence-electron chi connectivity index (χ1n) is 11.8. The molecule has 0 aliphatic carbocycles. The van der Waals surface area contributed by atoms with Crippen LogP contribution in [-0.2, 0) is 24.9 Å². The van der Waals surface area contributed by atoms with E-state index in [1.165, 1.54) is 7.11 Å². The van der Waals surface area contributed by atoms with Gasteiger partial charge in [-0.25, -0.2) is 9.78 Å². The van der Waals surface area contributed by atoms with Gasteiger partial charge < -0.3 is 4.74 Å². The van der Waals surface area contributed by atoms with Crippen molar-refractivity contribution >= 4 is 11.8 Å². The zero-order valence-electron chi connectivity index (χ0n) is 21.1. The SMILES string of the molecule is COC(=O)C(CC(=O)c1ccc(C)cc1)CC(OOC(C)(C)C)(c1ccccc1)c1ccccc1. The van der Waals surface area contributed by atoms with Crippen LogP contribution >= 0.6 is 0 Å². The summed E-state index contributed by atoms with van der Waals surface area (Å²) in [5.41, 5.74) is 1.49. The standard InChI is InChI=1S/C30H34O5/c1-22-16-18-23(19-17-22)27(31)20-24(28(32)33-5)21-30(35-34-29(2,3)4,25-12-8-6-9-13-25)26-14-10-7-11-15-26/h6-19,24H,20-21H2,1-5H3. The van der Waals surface area contributed by atoms with Crippen LogP contribution < -0.4 is 0 Å². The van der Waals surface area contributed by atoms with Crippen molar-refractivity contribution in [1.29, 1.82) is 0 Å². The number of aryl methyl sites for hydroxylation is 1. The lowest BCUT2D eigenvalue weighted by atomic mass is 9.77. The number of ether oxygens (including phenoxy) is 1. The summed E-state index contributed by atoms with van der Waals surface area (Å²) in [7, 11) is 1.34. The van der Waals surface area contributed by atoms with E-state index in [2.05, 4.69) is 0 Å². The van der Waals surface area contributed by atoms with Crippen molar-refractivity contribution in [2.45, 2.75) is 51.7 Å². The summed E-state index contributed by atoms with van der Waals surface area (Å²) in [5, 5.41) is 0. The van der Waals surface area contributed by atoms with Crippen LogP contribution in [0.15, 0.2) is 84.9 Å². The fraction of sp³-hybridized carbons (Fsp3) is 0.333. The number of methoxy groups -OCH3 is 1. The predicted octanol–water partition coefficient (Wildman–Crippen LogP) is 6.44. The molecule has 0 radical (unpaired) electrons. The third-order valence-electron chi connectivity index (χ3n) is 5.79. The van der Waals surface area contributed by atoms with Crippen molar-refractivity contribution < 1.29 is 24.1 Å². The van der Waals surface area contributed by atoms with Crippen LogP contribution in [0.25, 0.3) is 0 Å². The van der Waals surface area contributed by atoms with Crippen LogP contribution in [0.2, 0.25) is 0 Å². The Hall–Kier alpha value is -3.28. The topological polar surface area (TPSA) is 61.8 Å². The average molecular weight is 475 g/mol. The smallest absolute Gasteiger partial charge is 0.309 e. The molecule has 5 nitrogen and oxygen atoms in total. The molecule has 0 aliphatic heterocycles. The van der Waals surface area contributed by atoms with E-state index < -0.39 is 23.1 Å². The molecule has 0 saturated heterocycles. The molecule has 0 saturated carbocycles. The zero-order valence-corrected chi connectivity index (χ0v) is 21.1. The van der Waals surface area contributed by atoms with Gasteiger partial charge in [0.15, 0.2) is 11.4 Å². The lowest BCUT2D eigenvalue weighted by molar-refractivity contribution is -0.402. The van der Waals surface area contributed by atoms with Gasteiger partial charge in [-0.3, -0.25) is 9.59 Å². The van der Waals surface area contributed by atoms with Crippen molar-refractivity contribution in [2.75, 3.05) is 7.11 Å². The molecular weight excluding hydrogens is 440 g/mol. The summed E-state index contributed by atoms with van der Waals surface area (Å²) in [4.78, 5) is 38.3. The summed E-state index contributed by atoms with van der Waals surface area (Å²) in [6.45, 7) is 7.65. The minimum absolute atomic E-state index is 0.0178. The summed E-state index contributed by atoms with van der Waals surface area (Å²) >= 11 is 0. The number of hydrogen-bond acceptors (Lipinski definition) is 5. The van der Waals surface area contributed by atoms with Crippen molar-refractivity contribution in [2.24, 2.45) is 5.92 Å². The molecule has 0 heterocycles. The van der Waals surface area contributed by atoms with Gasteiger partial charge in [-0.15, -0.1) is 0 Å². The van der Waals surface area contributed by atoms with Gasteiger partial charge >= 0.3 is 5.97 Å². The molecule has 3 rings (SSSR count). The number of hydrogen-bond donors (Lipinski definition) is 0. The Morgan fingerprint density at radius 1 is 0.771 bits per heavy atom. The molecule has 3 aromatic carbocycles. The first-order valence-corrected chi connectivity index (χ1v) is 11.8. The van der Waals surface area contributed by atoms with Gasteiger partial charge in [-0.2, -0.15) is 0 Å². The van der Waals surface area contributed by atoms with Gasteiger partial charge in [-0.1, -0.05) is 90.5 Å². The van der Waals surface area contributed by atoms with Crippen LogP contribution in [0.5, 0.6) is 0 Å². The maximum Gasteiger partial charge on any atom is 0.309 e. The average Bonchev–Trinajstić information content (AvgIpc) is 2.86. The number of rotatable bonds is 10. The van der Waals surface area contributed by atoms with Crippen LogP contribution in [0, 0.1) is 12.8 Å². The molecule has 184 valence electrons. The Morgan fingerprint density at radius 3 is 1.74 bits per heavy atom. The van der Waals surface area contributed by atoms with Crippen molar-refractivity contribution in [3.05, 3.63) is 107 Å². The molecule has 1 unspecified atom stereocenters. The highest BCUT2D eigenvalue weighted by Crippen LogP contribution is 2.42. The van der Waals surface area contributed by atoms with Crippen molar-refractivity contribution in [3.63, 3.8) is 0 Å². The maximum absolute atomic E-state index is 13.2. The van der Waals surface area contributed by atoms with Gasteiger partial charge in [0.2, 0.25) is 0 Å². The lowest BCUT2D eigenvalue weighted by Gasteiger charge is -2.37. The molecule has 0 spiro atoms. The molecule has 0 bridgehead atoms. The number of carbonyl (C=O) groups is 2. The Balaban J connectivity index is 2.07. The van der Waals surface area contributed by atoms with Crippen LogP contribution in [0.3, 0.4) is 0 Å². The predicted molar refractivity (Wildman–Crippen MR) is 136 cm³/mol. The van der Waals surface area contributed by atoms with E-state index in [-0.39, 0.29) is 18.6 Å². The largest absolute Gasteiger partial charge is 0.469 e. The second-order valence-corrected chi connectivity index (χ2v) is 9.76. The molecule has 0 aliphatic rings. The number of esters is 1. The van der Waals surface area contributed by atoms with Gasteiger partial charge in [0, 0.05) is 18.4 Å². The van der Waals surface area contributed by atoms with Crippen LogP contribution in [0.4, 0.5) is 0 Å². The molecular formula is C30H34O5. The highest BCUT2D eigenvalue weighted by Gasteiger charge is 2.43. The Bertz CT molecular complexity index is 1060. The number of ketones is 1. The molecule has 3 aromatic rings. The summed E-state index contributed by atoms with van der Waals surface area (Å²) in [5.74, 6) is -1.37. The van der Waals surface area contributed by atoms with E-state index in [9.17, 15) is 9.59 Å². The Morgan fingerprint density at radius 2 is 1.29 bits per heavy atom. The Labute approximate surface area is 208 Å². The lowest BCUT2D eigenvalue weighted by Crippen LogP contribution is -2.39. The summed E-state index contributed by atoms with van der Waals surface area (Å²) in [6, 6.07) is 26.6. The van der Waals surface area contributed by atoms with E-state index in [1.54, 1.807) is 12.1 Å². The molecule has 0 fully saturated rings. The van der Waals surface area contributed by atoms with Crippen LogP contribution in [0.1, 0.15) is 60.7 Å². The molecule has 5 heteroatoms. The minimum Gasteiger partial charge on any atom is -0.469 e. The second kappa shape index (κ2) is 11.4. The third kappa shape index (κ3) is 6.87. The number of benzene rings is 3. The molecule has 35 heavy (non-hydrogen) atoms. The molecule has 1 atom stereocenters. The molecule has 0 aromatic heterocycles. The van der Waals surface area contributed by atoms with Gasteiger partial charge in [0.25, 0.3) is 0 Å². The highest BCUT2D eigenvalue weighted by molar-refractivity contribution is 5.98. The van der Waals surface area contributed by atoms with Crippen LogP contribution in [-0.4, -0.2) is 24.5 Å². The normalized spacial score (nSPS) is 12.7. The van der Waals surface area contributed by atoms with Gasteiger partial charge in [-0.05, 0) is 38.8 Å². The fourth-order valence-electron chi connectivity index (χ4n) is 3.98. The maximum atomic E-state index is 13.2. The minimum atomic E-state index is -1.15. The van der Waals surface area contributed by atoms with Gasteiger partial charge in [0.05, 0.1) is 18.6 Å². The van der Waals surface area contributed by atoms with E-state index in [4.69, 9.17) is 14.5 Å². The third-order valence-corrected chi connectivity index (χ3v) is 5.79. The van der Waals surface area contributed by atoms with E-state index in [1.807, 2.05) is 100 Å². The first kappa shape index (κ1) is 26.3. The summed E-state index contributed by atoms with van der Waals surface area (Å²) in [6.07, 6.45) is 0.136. The highest BCUT2D eigenvalue weighted by atomic mass is 17.2. The second-order valence-electron chi connectivity index (χ2n) is 9.76. The monoisotopic (exact) mass is 474 g/mol. The van der Waals surface area contributed by atoms with Crippen molar-refractivity contribution in [3.8, 4) is 0 Å². The fourth-order valence-corrected chi connectivity index (χ4v) is 3.98. The van der Waals surface area contributed by atoms with E-state index >= 15 is 0 Å². The van der Waals surface area contributed by atoms with Crippen molar-refractivity contribution in [1.82, 2.24) is 0 Å².